The van der Waals surface area contributed by atoms with Crippen molar-refractivity contribution in [1.82, 2.24) is 0 Å². The molecule has 2 N–H and O–H groups in total. The van der Waals surface area contributed by atoms with Crippen molar-refractivity contribution >= 4 is 23.9 Å². The largest absolute Gasteiger partial charge is 0.462 e. The third-order valence-electron chi connectivity index (χ3n) is 8.82. The van der Waals surface area contributed by atoms with Gasteiger partial charge < -0.3 is 29.2 Å². The Balaban J connectivity index is 2.25. The maximum absolute atomic E-state index is 13.1. The zero-order valence-electron chi connectivity index (χ0n) is 24.6. The van der Waals surface area contributed by atoms with Crippen molar-refractivity contribution in [3.05, 3.63) is 23.3 Å². The number of aliphatic hydroxyl groups excluding tert-OH is 1. The molecule has 9 unspecified atom stereocenters. The molecule has 0 amide bonds. The van der Waals surface area contributed by atoms with Crippen LogP contribution in [0.2, 0.25) is 0 Å². The number of fused-ring (bicyclic) bond motifs is 2. The lowest BCUT2D eigenvalue weighted by Crippen LogP contribution is -2.66. The third kappa shape index (κ3) is 5.98. The molecule has 1 saturated heterocycles. The minimum atomic E-state index is -2.04. The van der Waals surface area contributed by atoms with Gasteiger partial charge in [-0.05, 0) is 52.2 Å². The van der Waals surface area contributed by atoms with Crippen LogP contribution in [-0.2, 0) is 38.1 Å². The minimum Gasteiger partial charge on any atom is -0.462 e. The molecule has 0 bridgehead atoms. The molecule has 0 radical (unpaired) electrons. The van der Waals surface area contributed by atoms with Crippen molar-refractivity contribution in [3.8, 4) is 0 Å². The molecule has 0 aromatic carbocycles. The number of aliphatic hydroxyl groups is 2. The van der Waals surface area contributed by atoms with E-state index in [1.54, 1.807) is 26.0 Å². The Hall–Kier alpha value is -2.72. The summed E-state index contributed by atoms with van der Waals surface area (Å²) >= 11 is 0. The number of rotatable bonds is 7. The second-order valence-corrected chi connectivity index (χ2v) is 11.8. The Kier molecular flexibility index (Phi) is 9.88. The minimum absolute atomic E-state index is 0.189. The van der Waals surface area contributed by atoms with Gasteiger partial charge in [-0.2, -0.15) is 0 Å². The third-order valence-corrected chi connectivity index (χ3v) is 8.82. The van der Waals surface area contributed by atoms with E-state index < -0.39 is 77.2 Å². The van der Waals surface area contributed by atoms with Crippen LogP contribution >= 0.6 is 0 Å². The van der Waals surface area contributed by atoms with Gasteiger partial charge in [-0.25, -0.2) is 0 Å². The Labute approximate surface area is 236 Å². The molecule has 0 spiro atoms. The first-order chi connectivity index (χ1) is 18.7. The van der Waals surface area contributed by atoms with Gasteiger partial charge in [-0.15, -0.1) is 0 Å². The van der Waals surface area contributed by atoms with E-state index in [4.69, 9.17) is 18.9 Å². The molecule has 0 aromatic heterocycles. The van der Waals surface area contributed by atoms with Gasteiger partial charge in [0, 0.05) is 26.2 Å². The SMILES string of the molecule is CCCCCC(=O)OC1CCC(C)=CC2OC(=O)C(C)C2(O)C(O)C2C(C)=CC(OC(C)=O)C(OC(C)=O)C12C. The summed E-state index contributed by atoms with van der Waals surface area (Å²) in [6.07, 6.45) is 0.659. The van der Waals surface area contributed by atoms with E-state index in [0.717, 1.165) is 18.4 Å². The molecular weight excluding hydrogens is 520 g/mol. The number of unbranched alkanes of at least 4 members (excludes halogenated alkanes) is 2. The van der Waals surface area contributed by atoms with E-state index in [9.17, 15) is 29.4 Å². The molecule has 0 saturated carbocycles. The summed E-state index contributed by atoms with van der Waals surface area (Å²) in [5.74, 6) is -4.41. The van der Waals surface area contributed by atoms with Crippen LogP contribution in [-0.4, -0.2) is 70.2 Å². The number of esters is 4. The van der Waals surface area contributed by atoms with Gasteiger partial charge >= 0.3 is 23.9 Å². The highest BCUT2D eigenvalue weighted by Gasteiger charge is 2.66. The Morgan fingerprint density at radius 3 is 2.33 bits per heavy atom. The highest BCUT2D eigenvalue weighted by atomic mass is 16.6. The second-order valence-electron chi connectivity index (χ2n) is 11.8. The standard InChI is InChI=1S/C30H44O10/c1-8-9-10-11-24(33)39-22-13-12-16(2)14-23-30(36,18(4)28(35)40-23)26(34)25-17(3)15-21(37-19(5)31)27(29(22,25)7)38-20(6)32/h14-15,18,21-23,25-27,34,36H,8-13H2,1-7H3. The van der Waals surface area contributed by atoms with Crippen molar-refractivity contribution in [2.24, 2.45) is 17.3 Å². The summed E-state index contributed by atoms with van der Waals surface area (Å²) in [7, 11) is 0. The number of hydrogen-bond donors (Lipinski definition) is 2. The van der Waals surface area contributed by atoms with E-state index in [0.29, 0.717) is 18.4 Å². The fourth-order valence-corrected chi connectivity index (χ4v) is 6.65. The van der Waals surface area contributed by atoms with Gasteiger partial charge in [-0.1, -0.05) is 37.8 Å². The van der Waals surface area contributed by atoms with E-state index in [2.05, 4.69) is 0 Å². The molecule has 0 aromatic rings. The lowest BCUT2D eigenvalue weighted by atomic mass is 9.55. The predicted molar refractivity (Wildman–Crippen MR) is 143 cm³/mol. The maximum atomic E-state index is 13.1. The molecule has 10 nitrogen and oxygen atoms in total. The summed E-state index contributed by atoms with van der Waals surface area (Å²) in [6.45, 7) is 11.2. The summed E-state index contributed by atoms with van der Waals surface area (Å²) in [6, 6.07) is 0. The highest BCUT2D eigenvalue weighted by Crippen LogP contribution is 2.54. The van der Waals surface area contributed by atoms with Crippen LogP contribution in [0.1, 0.15) is 87.0 Å². The van der Waals surface area contributed by atoms with Crippen molar-refractivity contribution in [2.45, 2.75) is 123 Å². The summed E-state index contributed by atoms with van der Waals surface area (Å²) in [4.78, 5) is 50.3. The fraction of sp³-hybridized carbons (Fsp3) is 0.733. The monoisotopic (exact) mass is 564 g/mol. The van der Waals surface area contributed by atoms with E-state index in [1.807, 2.05) is 13.8 Å². The maximum Gasteiger partial charge on any atom is 0.312 e. The fourth-order valence-electron chi connectivity index (χ4n) is 6.65. The van der Waals surface area contributed by atoms with Crippen molar-refractivity contribution in [3.63, 3.8) is 0 Å². The van der Waals surface area contributed by atoms with Crippen LogP contribution in [0.15, 0.2) is 23.3 Å². The average molecular weight is 565 g/mol. The molecule has 1 aliphatic heterocycles. The summed E-state index contributed by atoms with van der Waals surface area (Å²) < 4.78 is 23.1. The van der Waals surface area contributed by atoms with Crippen LogP contribution < -0.4 is 0 Å². The molecule has 10 heteroatoms. The lowest BCUT2D eigenvalue weighted by Gasteiger charge is -2.55. The predicted octanol–water partition coefficient (Wildman–Crippen LogP) is 3.32. The zero-order valence-corrected chi connectivity index (χ0v) is 24.6. The van der Waals surface area contributed by atoms with Crippen LogP contribution in [0.5, 0.6) is 0 Å². The number of allylic oxidation sites excluding steroid dienone is 1. The first kappa shape index (κ1) is 31.8. The first-order valence-electron chi connectivity index (χ1n) is 14.2. The summed E-state index contributed by atoms with van der Waals surface area (Å²) in [5, 5.41) is 24.1. The lowest BCUT2D eigenvalue weighted by molar-refractivity contribution is -0.221. The Morgan fingerprint density at radius 2 is 1.73 bits per heavy atom. The van der Waals surface area contributed by atoms with Crippen molar-refractivity contribution < 1.29 is 48.3 Å². The van der Waals surface area contributed by atoms with E-state index >= 15 is 0 Å². The molecule has 2 aliphatic carbocycles. The number of hydrogen-bond acceptors (Lipinski definition) is 10. The van der Waals surface area contributed by atoms with Gasteiger partial charge in [0.2, 0.25) is 0 Å². The number of ether oxygens (including phenoxy) is 4. The Morgan fingerprint density at radius 1 is 1.07 bits per heavy atom. The van der Waals surface area contributed by atoms with Gasteiger partial charge in [0.1, 0.15) is 11.7 Å². The average Bonchev–Trinajstić information content (AvgIpc) is 3.07. The highest BCUT2D eigenvalue weighted by molar-refractivity contribution is 5.77. The molecule has 40 heavy (non-hydrogen) atoms. The Bertz CT molecular complexity index is 1060. The topological polar surface area (TPSA) is 146 Å². The van der Waals surface area contributed by atoms with Crippen LogP contribution in [0, 0.1) is 17.3 Å². The van der Waals surface area contributed by atoms with Crippen LogP contribution in [0.25, 0.3) is 0 Å². The molecule has 3 rings (SSSR count). The molecule has 9 atom stereocenters. The molecule has 224 valence electrons. The van der Waals surface area contributed by atoms with Crippen molar-refractivity contribution in [1.29, 1.82) is 0 Å². The van der Waals surface area contributed by atoms with Gasteiger partial charge in [0.15, 0.2) is 18.3 Å². The first-order valence-corrected chi connectivity index (χ1v) is 14.2. The smallest absolute Gasteiger partial charge is 0.312 e. The number of carbonyl (C=O) groups is 4. The summed E-state index contributed by atoms with van der Waals surface area (Å²) in [5.41, 5.74) is -2.14. The number of carbonyl (C=O) groups excluding carboxylic acids is 4. The van der Waals surface area contributed by atoms with E-state index in [1.165, 1.54) is 20.8 Å². The van der Waals surface area contributed by atoms with Crippen LogP contribution in [0.4, 0.5) is 0 Å². The second kappa shape index (κ2) is 12.4. The van der Waals surface area contributed by atoms with E-state index in [-0.39, 0.29) is 12.8 Å². The quantitative estimate of drug-likeness (QED) is 0.204. The van der Waals surface area contributed by atoms with Crippen LogP contribution in [0.3, 0.4) is 0 Å². The van der Waals surface area contributed by atoms with Crippen molar-refractivity contribution in [2.75, 3.05) is 0 Å². The van der Waals surface area contributed by atoms with Gasteiger partial charge in [0.25, 0.3) is 0 Å². The molecule has 1 fully saturated rings. The zero-order chi connectivity index (χ0) is 30.0. The van der Waals surface area contributed by atoms with Gasteiger partial charge in [-0.3, -0.25) is 19.2 Å². The molecule has 1 heterocycles. The molecular formula is C30H44O10. The molecule has 3 aliphatic rings. The normalized spacial score (nSPS) is 37.6. The van der Waals surface area contributed by atoms with Gasteiger partial charge in [0.05, 0.1) is 17.4 Å².